The van der Waals surface area contributed by atoms with Crippen LogP contribution >= 0.6 is 11.6 Å². The zero-order chi connectivity index (χ0) is 21.0. The van der Waals surface area contributed by atoms with Crippen LogP contribution in [-0.4, -0.2) is 37.5 Å². The van der Waals surface area contributed by atoms with Gasteiger partial charge in [0, 0.05) is 26.2 Å². The number of anilines is 2. The van der Waals surface area contributed by atoms with Crippen molar-refractivity contribution in [2.45, 2.75) is 13.8 Å². The minimum absolute atomic E-state index is 0.00320. The van der Waals surface area contributed by atoms with E-state index in [1.54, 1.807) is 32.0 Å². The number of amides is 1. The Kier molecular flexibility index (Phi) is 6.58. The number of nitrogens with one attached hydrogen (secondary N) is 1. The normalized spacial score (nSPS) is 10.3. The lowest BCUT2D eigenvalue weighted by atomic mass is 10.1. The van der Waals surface area contributed by atoms with E-state index in [4.69, 9.17) is 16.3 Å². The van der Waals surface area contributed by atoms with Gasteiger partial charge in [0.15, 0.2) is 6.61 Å². The van der Waals surface area contributed by atoms with Gasteiger partial charge in [0.2, 0.25) is 0 Å². The van der Waals surface area contributed by atoms with Gasteiger partial charge in [0.05, 0.1) is 26.9 Å². The Labute approximate surface area is 167 Å². The standard InChI is InChI=1S/C19H20ClN3O5/c1-11-7-12(2)18(15(20)8-11)21-17(24)10-28-19(25)14-9-13(23(26)27)5-6-16(14)22(3)4/h5-9H,10H2,1-4H3,(H,21,24). The molecule has 0 spiro atoms. The van der Waals surface area contributed by atoms with E-state index in [1.165, 1.54) is 12.1 Å². The number of halogens is 1. The molecule has 0 radical (unpaired) electrons. The first-order chi connectivity index (χ1) is 13.1. The van der Waals surface area contributed by atoms with E-state index in [0.29, 0.717) is 16.4 Å². The van der Waals surface area contributed by atoms with Gasteiger partial charge >= 0.3 is 5.97 Å². The Bertz CT molecular complexity index is 920. The first-order valence-electron chi connectivity index (χ1n) is 8.29. The molecule has 2 aromatic rings. The van der Waals surface area contributed by atoms with E-state index in [0.717, 1.165) is 17.2 Å². The molecule has 2 rings (SSSR count). The second-order valence-corrected chi connectivity index (χ2v) is 6.82. The van der Waals surface area contributed by atoms with Gasteiger partial charge in [-0.25, -0.2) is 4.79 Å². The van der Waals surface area contributed by atoms with Gasteiger partial charge in [-0.15, -0.1) is 0 Å². The molecule has 2 aromatic carbocycles. The van der Waals surface area contributed by atoms with Crippen LogP contribution < -0.4 is 10.2 Å². The molecule has 0 heterocycles. The molecule has 148 valence electrons. The highest BCUT2D eigenvalue weighted by atomic mass is 35.5. The Hall–Kier alpha value is -3.13. The lowest BCUT2D eigenvalue weighted by molar-refractivity contribution is -0.384. The molecule has 0 aliphatic heterocycles. The Morgan fingerprint density at radius 3 is 2.46 bits per heavy atom. The van der Waals surface area contributed by atoms with Crippen LogP contribution in [0.3, 0.4) is 0 Å². The van der Waals surface area contributed by atoms with Gasteiger partial charge in [0.25, 0.3) is 11.6 Å². The van der Waals surface area contributed by atoms with Gasteiger partial charge in [0.1, 0.15) is 0 Å². The molecule has 28 heavy (non-hydrogen) atoms. The molecular formula is C19H20ClN3O5. The molecule has 0 fully saturated rings. The highest BCUT2D eigenvalue weighted by molar-refractivity contribution is 6.34. The molecule has 9 heteroatoms. The predicted molar refractivity (Wildman–Crippen MR) is 107 cm³/mol. The molecule has 0 unspecified atom stereocenters. The van der Waals surface area contributed by atoms with Crippen molar-refractivity contribution in [1.29, 1.82) is 0 Å². The van der Waals surface area contributed by atoms with E-state index in [1.807, 2.05) is 13.0 Å². The number of nitrogens with zero attached hydrogens (tertiary/aromatic N) is 2. The van der Waals surface area contributed by atoms with Crippen molar-refractivity contribution in [2.24, 2.45) is 0 Å². The second-order valence-electron chi connectivity index (χ2n) is 6.42. The summed E-state index contributed by atoms with van der Waals surface area (Å²) in [5.74, 6) is -1.41. The van der Waals surface area contributed by atoms with Crippen LogP contribution in [0.25, 0.3) is 0 Å². The van der Waals surface area contributed by atoms with Crippen LogP contribution in [0.15, 0.2) is 30.3 Å². The maximum atomic E-state index is 12.4. The van der Waals surface area contributed by atoms with Crippen molar-refractivity contribution in [3.05, 3.63) is 62.2 Å². The summed E-state index contributed by atoms with van der Waals surface area (Å²) in [7, 11) is 3.37. The largest absolute Gasteiger partial charge is 0.452 e. The van der Waals surface area contributed by atoms with Crippen LogP contribution in [0.4, 0.5) is 17.1 Å². The van der Waals surface area contributed by atoms with Crippen LogP contribution in [0.5, 0.6) is 0 Å². The quantitative estimate of drug-likeness (QED) is 0.446. The molecule has 0 aromatic heterocycles. The Morgan fingerprint density at radius 1 is 1.21 bits per heavy atom. The predicted octanol–water partition coefficient (Wildman–Crippen LogP) is 3.73. The maximum absolute atomic E-state index is 12.4. The third kappa shape index (κ3) is 4.98. The first kappa shape index (κ1) is 21.2. The highest BCUT2D eigenvalue weighted by Crippen LogP contribution is 2.27. The highest BCUT2D eigenvalue weighted by Gasteiger charge is 2.20. The topological polar surface area (TPSA) is 102 Å². The molecule has 1 amide bonds. The fraction of sp³-hybridized carbons (Fsp3) is 0.263. The number of aryl methyl sites for hydroxylation is 2. The summed E-state index contributed by atoms with van der Waals surface area (Å²) < 4.78 is 5.05. The SMILES string of the molecule is Cc1cc(C)c(NC(=O)COC(=O)c2cc([N+](=O)[O-])ccc2N(C)C)c(Cl)c1. The van der Waals surface area contributed by atoms with Crippen molar-refractivity contribution in [3.63, 3.8) is 0 Å². The first-order valence-corrected chi connectivity index (χ1v) is 8.67. The van der Waals surface area contributed by atoms with E-state index < -0.39 is 23.4 Å². The number of rotatable bonds is 6. The summed E-state index contributed by atoms with van der Waals surface area (Å²) in [5.41, 5.74) is 2.36. The lowest BCUT2D eigenvalue weighted by Crippen LogP contribution is -2.23. The Balaban J connectivity index is 2.13. The zero-order valence-corrected chi connectivity index (χ0v) is 16.7. The molecule has 0 aliphatic rings. The van der Waals surface area contributed by atoms with E-state index >= 15 is 0 Å². The van der Waals surface area contributed by atoms with Crippen LogP contribution in [0.2, 0.25) is 5.02 Å². The summed E-state index contributed by atoms with van der Waals surface area (Å²) in [6, 6.07) is 7.43. The van der Waals surface area contributed by atoms with E-state index in [2.05, 4.69) is 5.32 Å². The summed E-state index contributed by atoms with van der Waals surface area (Å²) in [6.07, 6.45) is 0. The molecule has 0 saturated carbocycles. The van der Waals surface area contributed by atoms with Gasteiger partial charge in [-0.1, -0.05) is 17.7 Å². The fourth-order valence-corrected chi connectivity index (χ4v) is 3.02. The molecular weight excluding hydrogens is 386 g/mol. The smallest absolute Gasteiger partial charge is 0.341 e. The van der Waals surface area contributed by atoms with E-state index in [-0.39, 0.29) is 11.3 Å². The third-order valence-electron chi connectivity index (χ3n) is 3.92. The minimum Gasteiger partial charge on any atom is -0.452 e. The molecule has 0 atom stereocenters. The van der Waals surface area contributed by atoms with Crippen LogP contribution in [0, 0.1) is 24.0 Å². The number of benzene rings is 2. The van der Waals surface area contributed by atoms with Gasteiger partial charge < -0.3 is 15.0 Å². The Morgan fingerprint density at radius 2 is 1.89 bits per heavy atom. The second kappa shape index (κ2) is 8.71. The van der Waals surface area contributed by atoms with Crippen molar-refractivity contribution in [3.8, 4) is 0 Å². The number of hydrogen-bond acceptors (Lipinski definition) is 6. The number of nitro groups is 1. The van der Waals surface area contributed by atoms with Crippen molar-refractivity contribution in [2.75, 3.05) is 30.9 Å². The summed E-state index contributed by atoms with van der Waals surface area (Å²) in [6.45, 7) is 3.12. The van der Waals surface area contributed by atoms with Gasteiger partial charge in [-0.2, -0.15) is 0 Å². The third-order valence-corrected chi connectivity index (χ3v) is 4.22. The number of nitro benzene ring substituents is 1. The molecule has 1 N–H and O–H groups in total. The average molecular weight is 406 g/mol. The summed E-state index contributed by atoms with van der Waals surface area (Å²) in [5, 5.41) is 14.0. The van der Waals surface area contributed by atoms with Crippen molar-refractivity contribution in [1.82, 2.24) is 0 Å². The van der Waals surface area contributed by atoms with Crippen LogP contribution in [0.1, 0.15) is 21.5 Å². The number of carbonyl (C=O) groups is 2. The fourth-order valence-electron chi connectivity index (χ4n) is 2.65. The van der Waals surface area contributed by atoms with Gasteiger partial charge in [-0.05, 0) is 37.1 Å². The summed E-state index contributed by atoms with van der Waals surface area (Å²) in [4.78, 5) is 36.6. The number of non-ortho nitro benzene ring substituents is 1. The van der Waals surface area contributed by atoms with Crippen LogP contribution in [-0.2, 0) is 9.53 Å². The van der Waals surface area contributed by atoms with Gasteiger partial charge in [-0.3, -0.25) is 14.9 Å². The molecule has 0 saturated heterocycles. The summed E-state index contributed by atoms with van der Waals surface area (Å²) >= 11 is 6.15. The number of hydrogen-bond donors (Lipinski definition) is 1. The minimum atomic E-state index is -0.839. The zero-order valence-electron chi connectivity index (χ0n) is 15.9. The van der Waals surface area contributed by atoms with Crippen molar-refractivity contribution < 1.29 is 19.2 Å². The van der Waals surface area contributed by atoms with E-state index in [9.17, 15) is 19.7 Å². The molecule has 0 aliphatic carbocycles. The monoisotopic (exact) mass is 405 g/mol. The molecule has 0 bridgehead atoms. The lowest BCUT2D eigenvalue weighted by Gasteiger charge is -2.16. The number of ether oxygens (including phenoxy) is 1. The number of esters is 1. The molecule has 8 nitrogen and oxygen atoms in total. The average Bonchev–Trinajstić information content (AvgIpc) is 2.61. The maximum Gasteiger partial charge on any atom is 0.341 e. The van der Waals surface area contributed by atoms with Crippen molar-refractivity contribution >= 4 is 40.5 Å². The number of carbonyl (C=O) groups excluding carboxylic acids is 2.